The van der Waals surface area contributed by atoms with Crippen LogP contribution in [0, 0.1) is 5.92 Å². The summed E-state index contributed by atoms with van der Waals surface area (Å²) >= 11 is 11.8. The normalized spacial score (nSPS) is 12.6. The lowest BCUT2D eigenvalue weighted by Crippen LogP contribution is -2.52. The Morgan fingerprint density at radius 1 is 0.953 bits per heavy atom. The number of carbonyl (C=O) groups is 2. The van der Waals surface area contributed by atoms with Gasteiger partial charge in [0.15, 0.2) is 0 Å². The van der Waals surface area contributed by atoms with Crippen LogP contribution in [-0.4, -0.2) is 44.3 Å². The summed E-state index contributed by atoms with van der Waals surface area (Å²) in [5.74, 6) is -1.12. The lowest BCUT2D eigenvalue weighted by Gasteiger charge is -2.33. The van der Waals surface area contributed by atoms with E-state index in [1.807, 2.05) is 13.8 Å². The van der Waals surface area contributed by atoms with Crippen molar-refractivity contribution in [1.82, 2.24) is 10.2 Å². The molecule has 232 valence electrons. The monoisotopic (exact) mass is 657 g/mol. The van der Waals surface area contributed by atoms with Crippen LogP contribution in [0.2, 0.25) is 10.0 Å². The maximum Gasteiger partial charge on any atom is 0.417 e. The van der Waals surface area contributed by atoms with E-state index in [9.17, 15) is 31.2 Å². The van der Waals surface area contributed by atoms with Crippen molar-refractivity contribution in [1.29, 1.82) is 0 Å². The molecule has 2 amide bonds. The highest BCUT2D eigenvalue weighted by Crippen LogP contribution is 2.38. The first-order chi connectivity index (χ1) is 20.1. The number of anilines is 1. The first-order valence-corrected chi connectivity index (χ1v) is 15.6. The Labute approximate surface area is 259 Å². The number of rotatable bonds is 12. The second-order valence-corrected chi connectivity index (χ2v) is 12.9. The molecule has 0 aliphatic rings. The van der Waals surface area contributed by atoms with Crippen LogP contribution in [0.15, 0.2) is 77.7 Å². The van der Waals surface area contributed by atoms with Gasteiger partial charge >= 0.3 is 6.18 Å². The maximum atomic E-state index is 14.0. The molecule has 0 aromatic heterocycles. The standard InChI is InChI=1S/C30H32Cl2F3N3O4S/c1-4-27(29(40)36-17-20(2)3)37(18-21-10-12-22(31)13-11-21)28(39)19-38(43(41,42)24-8-6-5-7-9-24)23-14-15-26(32)25(16-23)30(33,34)35/h5-16,20,27H,4,17-19H2,1-3H3,(H,36,40)/t27-/m1/s1. The number of nitrogens with one attached hydrogen (secondary N) is 1. The van der Waals surface area contributed by atoms with Gasteiger partial charge in [0.1, 0.15) is 12.6 Å². The van der Waals surface area contributed by atoms with Crippen LogP contribution in [0.25, 0.3) is 0 Å². The molecule has 1 atom stereocenters. The van der Waals surface area contributed by atoms with Gasteiger partial charge in [0.25, 0.3) is 10.0 Å². The van der Waals surface area contributed by atoms with Gasteiger partial charge < -0.3 is 10.2 Å². The number of hydrogen-bond donors (Lipinski definition) is 1. The van der Waals surface area contributed by atoms with Gasteiger partial charge in [-0.15, -0.1) is 0 Å². The Morgan fingerprint density at radius 2 is 1.58 bits per heavy atom. The minimum absolute atomic E-state index is 0.0861. The molecule has 3 rings (SSSR count). The van der Waals surface area contributed by atoms with Crippen LogP contribution >= 0.6 is 23.2 Å². The van der Waals surface area contributed by atoms with Crippen molar-refractivity contribution in [2.45, 2.75) is 50.9 Å². The van der Waals surface area contributed by atoms with Gasteiger partial charge in [0.2, 0.25) is 11.8 Å². The number of hydrogen-bond acceptors (Lipinski definition) is 4. The van der Waals surface area contributed by atoms with Gasteiger partial charge in [0.05, 0.1) is 21.2 Å². The molecule has 0 spiro atoms. The molecular weight excluding hydrogens is 626 g/mol. The number of carbonyl (C=O) groups excluding carboxylic acids is 2. The van der Waals surface area contributed by atoms with E-state index < -0.39 is 56.9 Å². The van der Waals surface area contributed by atoms with E-state index in [0.29, 0.717) is 27.5 Å². The van der Waals surface area contributed by atoms with Crippen molar-refractivity contribution >= 4 is 50.7 Å². The maximum absolute atomic E-state index is 14.0. The first-order valence-electron chi connectivity index (χ1n) is 13.4. The Hall–Kier alpha value is -3.28. The zero-order chi connectivity index (χ0) is 31.9. The topological polar surface area (TPSA) is 86.8 Å². The van der Waals surface area contributed by atoms with Gasteiger partial charge in [-0.3, -0.25) is 13.9 Å². The molecule has 7 nitrogen and oxygen atoms in total. The third kappa shape index (κ3) is 8.87. The predicted molar refractivity (Wildman–Crippen MR) is 161 cm³/mol. The number of benzene rings is 3. The summed E-state index contributed by atoms with van der Waals surface area (Å²) in [6.45, 7) is 4.89. The van der Waals surface area contributed by atoms with Gasteiger partial charge in [-0.2, -0.15) is 13.2 Å². The SMILES string of the molecule is CC[C@H](C(=O)NCC(C)C)N(Cc1ccc(Cl)cc1)C(=O)CN(c1ccc(Cl)c(C(F)(F)F)c1)S(=O)(=O)c1ccccc1. The Bertz CT molecular complexity index is 1520. The van der Waals surface area contributed by atoms with Crippen LogP contribution in [0.1, 0.15) is 38.3 Å². The van der Waals surface area contributed by atoms with Crippen molar-refractivity contribution in [3.63, 3.8) is 0 Å². The zero-order valence-electron chi connectivity index (χ0n) is 23.7. The van der Waals surface area contributed by atoms with Crippen LogP contribution in [-0.2, 0) is 32.3 Å². The second-order valence-electron chi connectivity index (χ2n) is 10.2. The minimum Gasteiger partial charge on any atom is -0.354 e. The summed E-state index contributed by atoms with van der Waals surface area (Å²) in [5, 5.41) is 2.63. The highest BCUT2D eigenvalue weighted by molar-refractivity contribution is 7.92. The van der Waals surface area contributed by atoms with Gasteiger partial charge in [-0.25, -0.2) is 8.42 Å². The van der Waals surface area contributed by atoms with Crippen molar-refractivity contribution in [3.8, 4) is 0 Å². The first kappa shape index (κ1) is 34.2. The van der Waals surface area contributed by atoms with Crippen LogP contribution in [0.5, 0.6) is 0 Å². The molecule has 0 aliphatic heterocycles. The lowest BCUT2D eigenvalue weighted by atomic mass is 10.1. The molecule has 3 aromatic rings. The summed E-state index contributed by atoms with van der Waals surface area (Å²) in [6, 6.07) is 15.2. The van der Waals surface area contributed by atoms with Crippen molar-refractivity contribution in [3.05, 3.63) is 94.0 Å². The Kier molecular flexibility index (Phi) is 11.5. The summed E-state index contributed by atoms with van der Waals surface area (Å²) in [6.07, 6.45) is -4.70. The van der Waals surface area contributed by atoms with E-state index in [4.69, 9.17) is 23.2 Å². The Balaban J connectivity index is 2.12. The van der Waals surface area contributed by atoms with E-state index in [1.54, 1.807) is 37.3 Å². The largest absolute Gasteiger partial charge is 0.417 e. The van der Waals surface area contributed by atoms with E-state index in [-0.39, 0.29) is 23.8 Å². The quantitative estimate of drug-likeness (QED) is 0.232. The molecule has 0 fully saturated rings. The molecule has 0 heterocycles. The average molecular weight is 659 g/mol. The third-order valence-electron chi connectivity index (χ3n) is 6.49. The summed E-state index contributed by atoms with van der Waals surface area (Å²) in [7, 11) is -4.55. The van der Waals surface area contributed by atoms with Crippen LogP contribution < -0.4 is 9.62 Å². The molecule has 0 radical (unpaired) electrons. The van der Waals surface area contributed by atoms with Gasteiger partial charge in [-0.05, 0) is 60.4 Å². The van der Waals surface area contributed by atoms with Gasteiger partial charge in [-0.1, -0.05) is 74.3 Å². The second kappa shape index (κ2) is 14.5. The highest BCUT2D eigenvalue weighted by atomic mass is 35.5. The third-order valence-corrected chi connectivity index (χ3v) is 8.86. The smallest absolute Gasteiger partial charge is 0.354 e. The van der Waals surface area contributed by atoms with E-state index >= 15 is 0 Å². The molecule has 0 bridgehead atoms. The number of alkyl halides is 3. The average Bonchev–Trinajstić information content (AvgIpc) is 2.95. The molecule has 43 heavy (non-hydrogen) atoms. The fraction of sp³-hybridized carbons (Fsp3) is 0.333. The lowest BCUT2D eigenvalue weighted by molar-refractivity contribution is -0.140. The number of sulfonamides is 1. The number of amides is 2. The number of halogens is 5. The fourth-order valence-electron chi connectivity index (χ4n) is 4.26. The highest BCUT2D eigenvalue weighted by Gasteiger charge is 2.37. The number of nitrogens with zero attached hydrogens (tertiary/aromatic N) is 2. The molecule has 0 saturated carbocycles. The molecule has 0 unspecified atom stereocenters. The summed E-state index contributed by atoms with van der Waals surface area (Å²) in [4.78, 5) is 28.3. The van der Waals surface area contributed by atoms with E-state index in [0.717, 1.165) is 12.1 Å². The van der Waals surface area contributed by atoms with E-state index in [2.05, 4.69) is 5.32 Å². The van der Waals surface area contributed by atoms with E-state index in [1.165, 1.54) is 29.2 Å². The predicted octanol–water partition coefficient (Wildman–Crippen LogP) is 6.79. The summed E-state index contributed by atoms with van der Waals surface area (Å²) < 4.78 is 69.5. The summed E-state index contributed by atoms with van der Waals surface area (Å²) in [5.41, 5.74) is -1.07. The van der Waals surface area contributed by atoms with Crippen molar-refractivity contribution < 1.29 is 31.2 Å². The van der Waals surface area contributed by atoms with Crippen molar-refractivity contribution in [2.24, 2.45) is 5.92 Å². The van der Waals surface area contributed by atoms with Crippen LogP contribution in [0.3, 0.4) is 0 Å². The molecular formula is C30H32Cl2F3N3O4S. The molecule has 0 aliphatic carbocycles. The molecule has 1 N–H and O–H groups in total. The molecule has 0 saturated heterocycles. The molecule has 3 aromatic carbocycles. The minimum atomic E-state index is -4.89. The van der Waals surface area contributed by atoms with Crippen LogP contribution in [0.4, 0.5) is 18.9 Å². The Morgan fingerprint density at radius 3 is 2.14 bits per heavy atom. The molecule has 13 heteroatoms. The van der Waals surface area contributed by atoms with Crippen molar-refractivity contribution in [2.75, 3.05) is 17.4 Å². The fourth-order valence-corrected chi connectivity index (χ4v) is 6.04. The van der Waals surface area contributed by atoms with Gasteiger partial charge in [0, 0.05) is 18.1 Å². The zero-order valence-corrected chi connectivity index (χ0v) is 26.1.